The molecule has 0 aliphatic rings. The topological polar surface area (TPSA) is 26.3 Å². The van der Waals surface area contributed by atoms with Crippen molar-refractivity contribution >= 4 is 5.97 Å². The highest BCUT2D eigenvalue weighted by molar-refractivity contribution is 5.72. The van der Waals surface area contributed by atoms with E-state index in [2.05, 4.69) is 27.7 Å². The highest BCUT2D eigenvalue weighted by atomic mass is 16.5. The first-order valence-electron chi connectivity index (χ1n) is 16.8. The SMILES string of the molecule is CCCCCCCCCCCCCCC(C(=O)OCCCCCCCCCCC)C(C)CCCCC. The number of hydrogen-bond donors (Lipinski definition) is 0. The number of unbranched alkanes of at least 4 members (excludes halogenated alkanes) is 21. The van der Waals surface area contributed by atoms with Gasteiger partial charge in [-0.15, -0.1) is 0 Å². The van der Waals surface area contributed by atoms with Gasteiger partial charge in [0.15, 0.2) is 0 Å². The molecule has 0 aliphatic heterocycles. The fraction of sp³-hybridized carbons (Fsp3) is 0.971. The lowest BCUT2D eigenvalue weighted by Crippen LogP contribution is -2.25. The molecule has 0 spiro atoms. The van der Waals surface area contributed by atoms with Crippen molar-refractivity contribution in [3.63, 3.8) is 0 Å². The van der Waals surface area contributed by atoms with E-state index in [0.717, 1.165) is 12.8 Å². The summed E-state index contributed by atoms with van der Waals surface area (Å²) in [7, 11) is 0. The molecule has 0 aliphatic carbocycles. The molecule has 0 aromatic heterocycles. The molecule has 2 heteroatoms. The zero-order valence-corrected chi connectivity index (χ0v) is 25.6. The highest BCUT2D eigenvalue weighted by Crippen LogP contribution is 2.26. The van der Waals surface area contributed by atoms with Gasteiger partial charge in [0.25, 0.3) is 0 Å². The molecule has 0 rings (SSSR count). The van der Waals surface area contributed by atoms with Crippen LogP contribution in [0.5, 0.6) is 0 Å². The van der Waals surface area contributed by atoms with E-state index < -0.39 is 0 Å². The Hall–Kier alpha value is -0.530. The number of rotatable bonds is 29. The molecule has 0 radical (unpaired) electrons. The first-order chi connectivity index (χ1) is 17.7. The smallest absolute Gasteiger partial charge is 0.309 e. The molecular weight excluding hydrogens is 440 g/mol. The number of ether oxygens (including phenoxy) is 1. The number of hydrogen-bond acceptors (Lipinski definition) is 2. The second-order valence-corrected chi connectivity index (χ2v) is 11.8. The molecule has 2 atom stereocenters. The minimum atomic E-state index is 0.0987. The van der Waals surface area contributed by atoms with Crippen LogP contribution in [0.2, 0.25) is 0 Å². The minimum Gasteiger partial charge on any atom is -0.465 e. The van der Waals surface area contributed by atoms with Crippen molar-refractivity contribution in [3.05, 3.63) is 0 Å². The summed E-state index contributed by atoms with van der Waals surface area (Å²) in [4.78, 5) is 13.0. The van der Waals surface area contributed by atoms with Crippen molar-refractivity contribution in [2.75, 3.05) is 6.61 Å². The average molecular weight is 509 g/mol. The fourth-order valence-corrected chi connectivity index (χ4v) is 5.45. The maximum Gasteiger partial charge on any atom is 0.309 e. The van der Waals surface area contributed by atoms with Crippen molar-refractivity contribution in [2.24, 2.45) is 11.8 Å². The van der Waals surface area contributed by atoms with Crippen LogP contribution in [-0.2, 0) is 9.53 Å². The van der Waals surface area contributed by atoms with E-state index in [9.17, 15) is 4.79 Å². The Morgan fingerprint density at radius 2 is 0.806 bits per heavy atom. The number of esters is 1. The Morgan fingerprint density at radius 3 is 1.25 bits per heavy atom. The number of carbonyl (C=O) groups is 1. The lowest BCUT2D eigenvalue weighted by Gasteiger charge is -2.23. The van der Waals surface area contributed by atoms with Crippen LogP contribution < -0.4 is 0 Å². The molecular formula is C34H68O2. The van der Waals surface area contributed by atoms with Gasteiger partial charge in [-0.05, 0) is 25.2 Å². The molecule has 2 nitrogen and oxygen atoms in total. The molecule has 36 heavy (non-hydrogen) atoms. The van der Waals surface area contributed by atoms with Gasteiger partial charge in [0.1, 0.15) is 0 Å². The molecule has 2 unspecified atom stereocenters. The van der Waals surface area contributed by atoms with Crippen molar-refractivity contribution < 1.29 is 9.53 Å². The predicted octanol–water partition coefficient (Wildman–Crippen LogP) is 12.0. The summed E-state index contributed by atoms with van der Waals surface area (Å²) in [5.41, 5.74) is 0. The Bertz CT molecular complexity index is 433. The summed E-state index contributed by atoms with van der Waals surface area (Å²) in [6.07, 6.45) is 34.1. The molecule has 0 fully saturated rings. The Balaban J connectivity index is 4.01. The van der Waals surface area contributed by atoms with Crippen molar-refractivity contribution in [2.45, 2.75) is 195 Å². The standard InChI is InChI=1S/C34H68O2/c1-5-8-11-13-15-17-18-19-20-22-24-27-30-33(32(4)29-26-10-7-3)34(35)36-31-28-25-23-21-16-14-12-9-6-2/h32-33H,5-31H2,1-4H3. The maximum absolute atomic E-state index is 13.0. The minimum absolute atomic E-state index is 0.0987. The number of carbonyl (C=O) groups excluding carboxylic acids is 1. The molecule has 216 valence electrons. The van der Waals surface area contributed by atoms with Gasteiger partial charge >= 0.3 is 5.97 Å². The van der Waals surface area contributed by atoms with E-state index in [1.807, 2.05) is 0 Å². The Labute approximate surface area is 228 Å². The van der Waals surface area contributed by atoms with Crippen LogP contribution in [0.25, 0.3) is 0 Å². The van der Waals surface area contributed by atoms with Crippen molar-refractivity contribution in [3.8, 4) is 0 Å². The predicted molar refractivity (Wildman–Crippen MR) is 161 cm³/mol. The molecule has 0 amide bonds. The molecule has 0 saturated heterocycles. The molecule has 0 aromatic carbocycles. The summed E-state index contributed by atoms with van der Waals surface area (Å²) in [5.74, 6) is 0.671. The van der Waals surface area contributed by atoms with E-state index in [1.165, 1.54) is 154 Å². The van der Waals surface area contributed by atoms with Gasteiger partial charge in [-0.3, -0.25) is 4.79 Å². The van der Waals surface area contributed by atoms with Gasteiger partial charge in [0, 0.05) is 0 Å². The summed E-state index contributed by atoms with van der Waals surface area (Å²) in [5, 5.41) is 0. The largest absolute Gasteiger partial charge is 0.465 e. The van der Waals surface area contributed by atoms with Gasteiger partial charge in [0.2, 0.25) is 0 Å². The van der Waals surface area contributed by atoms with Crippen LogP contribution in [0.3, 0.4) is 0 Å². The molecule has 0 heterocycles. The molecule has 0 aromatic rings. The quantitative estimate of drug-likeness (QED) is 0.0741. The third-order valence-corrected chi connectivity index (χ3v) is 8.11. The van der Waals surface area contributed by atoms with E-state index in [1.54, 1.807) is 0 Å². The van der Waals surface area contributed by atoms with Crippen LogP contribution in [0, 0.1) is 11.8 Å². The molecule has 0 saturated carbocycles. The Morgan fingerprint density at radius 1 is 0.472 bits per heavy atom. The molecule has 0 bridgehead atoms. The van der Waals surface area contributed by atoms with E-state index in [4.69, 9.17) is 4.74 Å². The zero-order chi connectivity index (χ0) is 26.5. The lowest BCUT2D eigenvalue weighted by molar-refractivity contribution is -0.151. The second-order valence-electron chi connectivity index (χ2n) is 11.8. The Kier molecular flexibility index (Phi) is 28.6. The first-order valence-corrected chi connectivity index (χ1v) is 16.8. The fourth-order valence-electron chi connectivity index (χ4n) is 5.45. The van der Waals surface area contributed by atoms with E-state index in [-0.39, 0.29) is 11.9 Å². The normalized spacial score (nSPS) is 13.1. The van der Waals surface area contributed by atoms with Crippen molar-refractivity contribution in [1.29, 1.82) is 0 Å². The van der Waals surface area contributed by atoms with Crippen LogP contribution in [-0.4, -0.2) is 12.6 Å². The highest BCUT2D eigenvalue weighted by Gasteiger charge is 2.25. The zero-order valence-electron chi connectivity index (χ0n) is 25.6. The van der Waals surface area contributed by atoms with Gasteiger partial charge in [-0.25, -0.2) is 0 Å². The second kappa shape index (κ2) is 29.0. The van der Waals surface area contributed by atoms with Gasteiger partial charge in [0.05, 0.1) is 12.5 Å². The first kappa shape index (κ1) is 35.5. The maximum atomic E-state index is 13.0. The third kappa shape index (κ3) is 23.8. The van der Waals surface area contributed by atoms with E-state index >= 15 is 0 Å². The third-order valence-electron chi connectivity index (χ3n) is 8.11. The monoisotopic (exact) mass is 509 g/mol. The van der Waals surface area contributed by atoms with E-state index in [0.29, 0.717) is 12.5 Å². The summed E-state index contributed by atoms with van der Waals surface area (Å²) < 4.78 is 5.81. The van der Waals surface area contributed by atoms with Crippen LogP contribution >= 0.6 is 0 Å². The van der Waals surface area contributed by atoms with Crippen molar-refractivity contribution in [1.82, 2.24) is 0 Å². The van der Waals surface area contributed by atoms with Crippen LogP contribution in [0.4, 0.5) is 0 Å². The average Bonchev–Trinajstić information content (AvgIpc) is 2.88. The molecule has 0 N–H and O–H groups in total. The summed E-state index contributed by atoms with van der Waals surface area (Å²) >= 11 is 0. The summed E-state index contributed by atoms with van der Waals surface area (Å²) in [6.45, 7) is 9.74. The van der Waals surface area contributed by atoms with Gasteiger partial charge in [-0.1, -0.05) is 175 Å². The van der Waals surface area contributed by atoms with Crippen LogP contribution in [0.1, 0.15) is 195 Å². The van der Waals surface area contributed by atoms with Gasteiger partial charge in [-0.2, -0.15) is 0 Å². The van der Waals surface area contributed by atoms with Gasteiger partial charge < -0.3 is 4.74 Å². The lowest BCUT2D eigenvalue weighted by atomic mass is 9.85. The van der Waals surface area contributed by atoms with Crippen LogP contribution in [0.15, 0.2) is 0 Å². The summed E-state index contributed by atoms with van der Waals surface area (Å²) in [6, 6.07) is 0.